The minimum atomic E-state index is -0.506. The molecule has 2 aromatic carbocycles. The molecule has 0 radical (unpaired) electrons. The van der Waals surface area contributed by atoms with Crippen LogP contribution < -0.4 is 5.32 Å². The molecule has 1 fully saturated rings. The molecule has 120 valence electrons. The molecule has 0 unspecified atom stereocenters. The van der Waals surface area contributed by atoms with Gasteiger partial charge in [-0.1, -0.05) is 24.3 Å². The van der Waals surface area contributed by atoms with E-state index in [1.807, 2.05) is 0 Å². The largest absolute Gasteiger partial charge is 0.507 e. The zero-order valence-electron chi connectivity index (χ0n) is 12.2. The number of para-hydroxylation sites is 1. The number of carbonyl (C=O) groups is 1. The number of phenolic OH excluding ortho intramolecular Hbond substituents is 1. The van der Waals surface area contributed by atoms with Gasteiger partial charge in [0.1, 0.15) is 5.75 Å². The molecule has 3 rings (SSSR count). The van der Waals surface area contributed by atoms with Crippen molar-refractivity contribution >= 4 is 40.3 Å². The summed E-state index contributed by atoms with van der Waals surface area (Å²) in [5.74, 6) is -0.269. The van der Waals surface area contributed by atoms with Gasteiger partial charge in [0.15, 0.2) is 5.17 Å². The molecular weight excluding hydrogens is 330 g/mol. The average Bonchev–Trinajstić information content (AvgIpc) is 2.89. The van der Waals surface area contributed by atoms with Gasteiger partial charge < -0.3 is 10.4 Å². The molecule has 1 saturated heterocycles. The minimum Gasteiger partial charge on any atom is -0.507 e. The lowest BCUT2D eigenvalue weighted by Crippen LogP contribution is -2.19. The highest BCUT2D eigenvalue weighted by molar-refractivity contribution is 8.18. The summed E-state index contributed by atoms with van der Waals surface area (Å²) in [5, 5.41) is 23.5. The van der Waals surface area contributed by atoms with Crippen LogP contribution in [0.25, 0.3) is 6.08 Å². The molecule has 0 aliphatic carbocycles. The SMILES string of the molecule is O=C1NC(=Nc2cccc([N+](=O)[O-])c2)S/C1=C/c1ccccc1O. The number of nitrogens with one attached hydrogen (secondary N) is 1. The van der Waals surface area contributed by atoms with Gasteiger partial charge in [0, 0.05) is 17.7 Å². The number of non-ortho nitro benzene ring substituents is 1. The first-order chi connectivity index (χ1) is 11.5. The number of phenols is 1. The Kier molecular flexibility index (Phi) is 4.30. The van der Waals surface area contributed by atoms with Crippen LogP contribution in [0.1, 0.15) is 5.56 Å². The van der Waals surface area contributed by atoms with E-state index in [2.05, 4.69) is 10.3 Å². The number of amides is 1. The van der Waals surface area contributed by atoms with Crippen LogP contribution in [0.15, 0.2) is 58.4 Å². The Morgan fingerprint density at radius 1 is 1.21 bits per heavy atom. The minimum absolute atomic E-state index is 0.0717. The highest BCUT2D eigenvalue weighted by Crippen LogP contribution is 2.30. The Hall–Kier alpha value is -3.13. The van der Waals surface area contributed by atoms with Gasteiger partial charge in [0.2, 0.25) is 0 Å². The van der Waals surface area contributed by atoms with Crippen LogP contribution in [0.5, 0.6) is 5.75 Å². The molecule has 0 aromatic heterocycles. The maximum Gasteiger partial charge on any atom is 0.271 e. The van der Waals surface area contributed by atoms with Gasteiger partial charge in [-0.05, 0) is 30.0 Å². The Bertz CT molecular complexity index is 892. The van der Waals surface area contributed by atoms with E-state index >= 15 is 0 Å². The summed E-state index contributed by atoms with van der Waals surface area (Å²) in [6.07, 6.45) is 1.56. The Balaban J connectivity index is 1.86. The van der Waals surface area contributed by atoms with E-state index in [1.54, 1.807) is 30.3 Å². The molecule has 1 aliphatic rings. The number of amidine groups is 1. The monoisotopic (exact) mass is 341 g/mol. The third-order valence-corrected chi connectivity index (χ3v) is 4.06. The molecule has 2 N–H and O–H groups in total. The Labute approximate surface area is 140 Å². The van der Waals surface area contributed by atoms with E-state index in [9.17, 15) is 20.0 Å². The van der Waals surface area contributed by atoms with Crippen molar-refractivity contribution in [2.24, 2.45) is 4.99 Å². The number of nitro groups is 1. The molecule has 1 amide bonds. The maximum atomic E-state index is 12.0. The zero-order chi connectivity index (χ0) is 17.1. The van der Waals surface area contributed by atoms with Crippen LogP contribution in [-0.4, -0.2) is 21.1 Å². The van der Waals surface area contributed by atoms with Crippen LogP contribution in [0.4, 0.5) is 11.4 Å². The van der Waals surface area contributed by atoms with Crippen molar-refractivity contribution in [3.63, 3.8) is 0 Å². The summed E-state index contributed by atoms with van der Waals surface area (Å²) in [6.45, 7) is 0. The standard InChI is InChI=1S/C16H11N3O4S/c20-13-7-2-1-4-10(13)8-14-15(21)18-16(24-14)17-11-5-3-6-12(9-11)19(22)23/h1-9,20H,(H,17,18,21)/b14-8+. The van der Waals surface area contributed by atoms with Gasteiger partial charge in [-0.25, -0.2) is 4.99 Å². The van der Waals surface area contributed by atoms with Crippen molar-refractivity contribution in [2.45, 2.75) is 0 Å². The van der Waals surface area contributed by atoms with E-state index in [-0.39, 0.29) is 17.3 Å². The fourth-order valence-corrected chi connectivity index (χ4v) is 2.86. The average molecular weight is 341 g/mol. The van der Waals surface area contributed by atoms with Gasteiger partial charge in [-0.15, -0.1) is 0 Å². The fourth-order valence-electron chi connectivity index (χ4n) is 2.02. The zero-order valence-corrected chi connectivity index (χ0v) is 13.0. The number of benzene rings is 2. The van der Waals surface area contributed by atoms with Crippen molar-refractivity contribution in [1.29, 1.82) is 0 Å². The van der Waals surface area contributed by atoms with Crippen LogP contribution in [-0.2, 0) is 4.79 Å². The van der Waals surface area contributed by atoms with Crippen molar-refractivity contribution in [1.82, 2.24) is 5.32 Å². The predicted octanol–water partition coefficient (Wildman–Crippen LogP) is 3.19. The number of thioether (sulfide) groups is 1. The summed E-state index contributed by atoms with van der Waals surface area (Å²) >= 11 is 1.10. The fraction of sp³-hybridized carbons (Fsp3) is 0. The number of carbonyl (C=O) groups excluding carboxylic acids is 1. The van der Waals surface area contributed by atoms with Gasteiger partial charge in [0.05, 0.1) is 15.5 Å². The number of aromatic hydroxyl groups is 1. The number of aliphatic imine (C=N–C) groups is 1. The number of nitro benzene ring substituents is 1. The molecule has 1 aliphatic heterocycles. The van der Waals surface area contributed by atoms with Gasteiger partial charge in [-0.2, -0.15) is 0 Å². The van der Waals surface area contributed by atoms with Gasteiger partial charge in [-0.3, -0.25) is 14.9 Å². The lowest BCUT2D eigenvalue weighted by atomic mass is 10.2. The molecule has 0 saturated carbocycles. The lowest BCUT2D eigenvalue weighted by Gasteiger charge is -1.98. The topological polar surface area (TPSA) is 105 Å². The second-order valence-corrected chi connectivity index (χ2v) is 5.85. The summed E-state index contributed by atoms with van der Waals surface area (Å²) in [7, 11) is 0. The maximum absolute atomic E-state index is 12.0. The summed E-state index contributed by atoms with van der Waals surface area (Å²) in [5.41, 5.74) is 0.818. The summed E-state index contributed by atoms with van der Waals surface area (Å²) < 4.78 is 0. The third kappa shape index (κ3) is 3.44. The second-order valence-electron chi connectivity index (χ2n) is 4.82. The van der Waals surface area contributed by atoms with Gasteiger partial charge in [0.25, 0.3) is 11.6 Å². The van der Waals surface area contributed by atoms with E-state index in [1.165, 1.54) is 24.3 Å². The lowest BCUT2D eigenvalue weighted by molar-refractivity contribution is -0.384. The molecular formula is C16H11N3O4S. The quantitative estimate of drug-likeness (QED) is 0.507. The smallest absolute Gasteiger partial charge is 0.271 e. The van der Waals surface area contributed by atoms with E-state index in [0.29, 0.717) is 21.3 Å². The highest BCUT2D eigenvalue weighted by Gasteiger charge is 2.24. The van der Waals surface area contributed by atoms with Crippen molar-refractivity contribution in [3.05, 3.63) is 69.1 Å². The van der Waals surface area contributed by atoms with E-state index < -0.39 is 4.92 Å². The van der Waals surface area contributed by atoms with E-state index in [4.69, 9.17) is 0 Å². The summed E-state index contributed by atoms with van der Waals surface area (Å²) in [6, 6.07) is 12.5. The summed E-state index contributed by atoms with van der Waals surface area (Å²) in [4.78, 5) is 26.8. The van der Waals surface area contributed by atoms with Crippen LogP contribution in [0.2, 0.25) is 0 Å². The molecule has 7 nitrogen and oxygen atoms in total. The highest BCUT2D eigenvalue weighted by atomic mass is 32.2. The third-order valence-electron chi connectivity index (χ3n) is 3.15. The van der Waals surface area contributed by atoms with Crippen molar-refractivity contribution in [2.75, 3.05) is 0 Å². The normalized spacial score (nSPS) is 17.2. The van der Waals surface area contributed by atoms with Crippen molar-refractivity contribution in [3.8, 4) is 5.75 Å². The molecule has 0 atom stereocenters. The van der Waals surface area contributed by atoms with Crippen LogP contribution in [0.3, 0.4) is 0 Å². The Morgan fingerprint density at radius 2 is 2.00 bits per heavy atom. The van der Waals surface area contributed by atoms with E-state index in [0.717, 1.165) is 11.8 Å². The number of rotatable bonds is 3. The molecule has 8 heteroatoms. The number of hydrogen-bond acceptors (Lipinski definition) is 6. The van der Waals surface area contributed by atoms with Crippen molar-refractivity contribution < 1.29 is 14.8 Å². The number of hydrogen-bond donors (Lipinski definition) is 2. The second kappa shape index (κ2) is 6.55. The van der Waals surface area contributed by atoms with Crippen LogP contribution in [0, 0.1) is 10.1 Å². The molecule has 0 spiro atoms. The molecule has 2 aromatic rings. The first kappa shape index (κ1) is 15.8. The molecule has 0 bridgehead atoms. The Morgan fingerprint density at radius 3 is 2.75 bits per heavy atom. The molecule has 1 heterocycles. The predicted molar refractivity (Wildman–Crippen MR) is 92.0 cm³/mol. The number of nitrogens with zero attached hydrogens (tertiary/aromatic N) is 2. The van der Waals surface area contributed by atoms with Gasteiger partial charge >= 0.3 is 0 Å². The molecule has 24 heavy (non-hydrogen) atoms. The first-order valence-corrected chi connectivity index (χ1v) is 7.66. The van der Waals surface area contributed by atoms with Crippen LogP contribution >= 0.6 is 11.8 Å². The first-order valence-electron chi connectivity index (χ1n) is 6.85.